The largest absolute Gasteiger partial charge is 0.481 e. The molecule has 8 heteroatoms. The van der Waals surface area contributed by atoms with E-state index in [1.165, 1.54) is 4.68 Å². The molecule has 1 aliphatic carbocycles. The van der Waals surface area contributed by atoms with Crippen LogP contribution in [0.25, 0.3) is 0 Å². The second-order valence-corrected chi connectivity index (χ2v) is 4.66. The van der Waals surface area contributed by atoms with Gasteiger partial charge in [-0.05, 0) is 12.8 Å². The molecule has 1 heterocycles. The molecule has 0 spiro atoms. The van der Waals surface area contributed by atoms with Gasteiger partial charge in [-0.1, -0.05) is 11.8 Å². The van der Waals surface area contributed by atoms with Gasteiger partial charge < -0.3 is 16.1 Å². The third kappa shape index (κ3) is 2.12. The van der Waals surface area contributed by atoms with Crippen LogP contribution in [-0.2, 0) is 4.79 Å². The molecule has 88 valence electrons. The van der Waals surface area contributed by atoms with Gasteiger partial charge in [0.1, 0.15) is 0 Å². The lowest BCUT2D eigenvalue weighted by molar-refractivity contribution is -0.133. The van der Waals surface area contributed by atoms with Gasteiger partial charge in [-0.3, -0.25) is 4.79 Å². The van der Waals surface area contributed by atoms with Crippen LogP contribution in [-0.4, -0.2) is 42.9 Å². The molecular weight excluding hydrogens is 232 g/mol. The highest BCUT2D eigenvalue weighted by atomic mass is 32.2. The molecule has 0 atom stereocenters. The summed E-state index contributed by atoms with van der Waals surface area (Å²) in [6.07, 6.45) is 0.995. The van der Waals surface area contributed by atoms with Crippen molar-refractivity contribution in [3.63, 3.8) is 0 Å². The van der Waals surface area contributed by atoms with E-state index in [1.807, 2.05) is 0 Å². The van der Waals surface area contributed by atoms with Gasteiger partial charge in [0.15, 0.2) is 5.82 Å². The Morgan fingerprint density at radius 3 is 2.81 bits per heavy atom. The Labute approximate surface area is 95.6 Å². The summed E-state index contributed by atoms with van der Waals surface area (Å²) in [5, 5.41) is 25.8. The van der Waals surface area contributed by atoms with Crippen LogP contribution >= 0.6 is 11.8 Å². The smallest absolute Gasteiger partial charge is 0.313 e. The number of carboxylic acid groups (broad SMARTS) is 1. The van der Waals surface area contributed by atoms with E-state index in [9.17, 15) is 9.90 Å². The van der Waals surface area contributed by atoms with Crippen molar-refractivity contribution >= 4 is 17.7 Å². The van der Waals surface area contributed by atoms with Crippen LogP contribution in [0.2, 0.25) is 0 Å². The molecule has 7 nitrogen and oxygen atoms in total. The van der Waals surface area contributed by atoms with Crippen LogP contribution in [0.1, 0.15) is 24.6 Å². The summed E-state index contributed by atoms with van der Waals surface area (Å²) in [7, 11) is 0. The monoisotopic (exact) mass is 244 g/mol. The third-order valence-corrected chi connectivity index (χ3v) is 3.42. The molecule has 0 bridgehead atoms. The van der Waals surface area contributed by atoms with Crippen molar-refractivity contribution in [1.82, 2.24) is 14.9 Å². The number of thioether (sulfide) groups is 1. The SMILES string of the molecule is Nn1c(SCC(=O)O)nnc1C1CC(O)C1. The Hall–Kier alpha value is -1.28. The van der Waals surface area contributed by atoms with Crippen LogP contribution in [0, 0.1) is 0 Å². The summed E-state index contributed by atoms with van der Waals surface area (Å²) in [6.45, 7) is 0. The molecule has 0 unspecified atom stereocenters. The van der Waals surface area contributed by atoms with Gasteiger partial charge in [0.2, 0.25) is 5.16 Å². The standard InChI is InChI=1S/C8H12N4O3S/c9-12-7(4-1-5(13)2-4)10-11-8(12)16-3-6(14)15/h4-5,13H,1-3,9H2,(H,14,15). The van der Waals surface area contributed by atoms with Gasteiger partial charge in [-0.25, -0.2) is 4.68 Å². The molecular formula is C8H12N4O3S. The van der Waals surface area contributed by atoms with E-state index >= 15 is 0 Å². The first kappa shape index (κ1) is 11.2. The molecule has 1 aliphatic rings. The van der Waals surface area contributed by atoms with E-state index in [2.05, 4.69) is 10.2 Å². The highest BCUT2D eigenvalue weighted by Crippen LogP contribution is 2.35. The predicted octanol–water partition coefficient (Wildman–Crippen LogP) is -0.593. The minimum absolute atomic E-state index is 0.0946. The number of nitrogens with two attached hydrogens (primary N) is 1. The van der Waals surface area contributed by atoms with Crippen LogP contribution in [0.5, 0.6) is 0 Å². The number of carboxylic acids is 1. The average molecular weight is 244 g/mol. The number of aliphatic carboxylic acids is 1. The number of nitrogens with zero attached hydrogens (tertiary/aromatic N) is 3. The summed E-state index contributed by atoms with van der Waals surface area (Å²) in [5.41, 5.74) is 0. The fourth-order valence-electron chi connectivity index (χ4n) is 1.59. The topological polar surface area (TPSA) is 114 Å². The van der Waals surface area contributed by atoms with E-state index in [1.54, 1.807) is 0 Å². The molecule has 0 radical (unpaired) electrons. The first-order valence-electron chi connectivity index (χ1n) is 4.81. The molecule has 1 fully saturated rings. The zero-order valence-electron chi connectivity index (χ0n) is 8.41. The zero-order chi connectivity index (χ0) is 11.7. The van der Waals surface area contributed by atoms with Crippen LogP contribution < -0.4 is 5.84 Å². The number of aliphatic hydroxyl groups excluding tert-OH is 1. The number of hydrogen-bond acceptors (Lipinski definition) is 6. The van der Waals surface area contributed by atoms with E-state index in [4.69, 9.17) is 10.9 Å². The summed E-state index contributed by atoms with van der Waals surface area (Å²) in [6, 6.07) is 0. The number of nitrogen functional groups attached to an aromatic ring is 1. The van der Waals surface area contributed by atoms with Gasteiger partial charge in [0.25, 0.3) is 0 Å². The lowest BCUT2D eigenvalue weighted by Crippen LogP contribution is -2.30. The van der Waals surface area contributed by atoms with Crippen molar-refractivity contribution in [3.05, 3.63) is 5.82 Å². The fraction of sp³-hybridized carbons (Fsp3) is 0.625. The molecule has 1 aromatic rings. The number of aromatic nitrogens is 3. The Kier molecular flexibility index (Phi) is 3.01. The maximum Gasteiger partial charge on any atom is 0.313 e. The Balaban J connectivity index is 2.03. The van der Waals surface area contributed by atoms with Crippen molar-refractivity contribution in [1.29, 1.82) is 0 Å². The number of rotatable bonds is 4. The van der Waals surface area contributed by atoms with Crippen molar-refractivity contribution in [2.45, 2.75) is 30.0 Å². The van der Waals surface area contributed by atoms with Gasteiger partial charge in [-0.15, -0.1) is 10.2 Å². The maximum atomic E-state index is 10.4. The molecule has 0 aromatic carbocycles. The quantitative estimate of drug-likeness (QED) is 0.479. The second-order valence-electron chi connectivity index (χ2n) is 3.72. The fourth-order valence-corrected chi connectivity index (χ4v) is 2.17. The van der Waals surface area contributed by atoms with E-state index < -0.39 is 5.97 Å². The number of hydrogen-bond donors (Lipinski definition) is 3. The Bertz CT molecular complexity index is 402. The van der Waals surface area contributed by atoms with Gasteiger partial charge in [0, 0.05) is 5.92 Å². The van der Waals surface area contributed by atoms with Crippen molar-refractivity contribution in [2.24, 2.45) is 0 Å². The lowest BCUT2D eigenvalue weighted by atomic mass is 9.82. The molecule has 0 amide bonds. The van der Waals surface area contributed by atoms with Crippen LogP contribution in [0.3, 0.4) is 0 Å². The van der Waals surface area contributed by atoms with Crippen LogP contribution in [0.4, 0.5) is 0 Å². The highest BCUT2D eigenvalue weighted by Gasteiger charge is 2.33. The Morgan fingerprint density at radius 1 is 1.56 bits per heavy atom. The Morgan fingerprint density at radius 2 is 2.25 bits per heavy atom. The first-order valence-corrected chi connectivity index (χ1v) is 5.79. The molecule has 0 aliphatic heterocycles. The molecule has 1 saturated carbocycles. The van der Waals surface area contributed by atoms with Crippen molar-refractivity contribution in [2.75, 3.05) is 11.6 Å². The summed E-state index contributed by atoms with van der Waals surface area (Å²) < 4.78 is 1.31. The molecule has 2 rings (SSSR count). The predicted molar refractivity (Wildman–Crippen MR) is 56.5 cm³/mol. The van der Waals surface area contributed by atoms with Gasteiger partial charge >= 0.3 is 5.97 Å². The maximum absolute atomic E-state index is 10.4. The van der Waals surface area contributed by atoms with Crippen molar-refractivity contribution in [3.8, 4) is 0 Å². The van der Waals surface area contributed by atoms with E-state index in [-0.39, 0.29) is 17.8 Å². The molecule has 16 heavy (non-hydrogen) atoms. The van der Waals surface area contributed by atoms with Gasteiger partial charge in [0.05, 0.1) is 11.9 Å². The molecule has 1 aromatic heterocycles. The highest BCUT2D eigenvalue weighted by molar-refractivity contribution is 7.99. The normalized spacial score (nSPS) is 24.1. The minimum Gasteiger partial charge on any atom is -0.481 e. The summed E-state index contributed by atoms with van der Waals surface area (Å²) >= 11 is 1.03. The van der Waals surface area contributed by atoms with E-state index in [0.29, 0.717) is 23.8 Å². The number of aliphatic hydroxyl groups is 1. The van der Waals surface area contributed by atoms with Gasteiger partial charge in [-0.2, -0.15) is 0 Å². The lowest BCUT2D eigenvalue weighted by Gasteiger charge is -2.29. The molecule has 4 N–H and O–H groups in total. The number of carbonyl (C=O) groups is 1. The first-order chi connectivity index (χ1) is 7.58. The average Bonchev–Trinajstić information content (AvgIpc) is 2.52. The summed E-state index contributed by atoms with van der Waals surface area (Å²) in [4.78, 5) is 10.4. The molecule has 0 saturated heterocycles. The van der Waals surface area contributed by atoms with E-state index in [0.717, 1.165) is 11.8 Å². The zero-order valence-corrected chi connectivity index (χ0v) is 9.22. The minimum atomic E-state index is -0.923. The van der Waals surface area contributed by atoms with Crippen LogP contribution in [0.15, 0.2) is 5.16 Å². The summed E-state index contributed by atoms with van der Waals surface area (Å²) in [5.74, 6) is 5.47. The van der Waals surface area contributed by atoms with Crippen molar-refractivity contribution < 1.29 is 15.0 Å². The third-order valence-electron chi connectivity index (χ3n) is 2.49. The second kappa shape index (κ2) is 4.30.